The number of rotatable bonds is 3. The molecule has 0 bridgehead atoms. The molecule has 2 aromatic rings. The van der Waals surface area contributed by atoms with Crippen molar-refractivity contribution in [2.24, 2.45) is 0 Å². The monoisotopic (exact) mass is 231 g/mol. The molecule has 1 N–H and O–H groups in total. The van der Waals surface area contributed by atoms with Gasteiger partial charge in [-0.3, -0.25) is 0 Å². The third-order valence-corrected chi connectivity index (χ3v) is 3.67. The largest absolute Gasteiger partial charge is 0.316 e. The second-order valence-electron chi connectivity index (χ2n) is 4.07. The van der Waals surface area contributed by atoms with Crippen molar-refractivity contribution in [3.05, 3.63) is 45.6 Å². The quantitative estimate of drug-likeness (QED) is 0.848. The van der Waals surface area contributed by atoms with E-state index in [0.29, 0.717) is 0 Å². The maximum Gasteiger partial charge on any atom is 0.0202 e. The van der Waals surface area contributed by atoms with E-state index in [4.69, 9.17) is 0 Å². The van der Waals surface area contributed by atoms with Crippen LogP contribution >= 0.6 is 11.3 Å². The minimum atomic E-state index is 0.934. The second kappa shape index (κ2) is 4.81. The number of hydrogen-bond acceptors (Lipinski definition) is 2. The summed E-state index contributed by atoms with van der Waals surface area (Å²) in [6, 6.07) is 8.91. The van der Waals surface area contributed by atoms with E-state index in [-0.39, 0.29) is 0 Å². The predicted octanol–water partition coefficient (Wildman–Crippen LogP) is 3.75. The number of aryl methyl sites for hydroxylation is 2. The summed E-state index contributed by atoms with van der Waals surface area (Å²) >= 11 is 1.81. The van der Waals surface area contributed by atoms with Gasteiger partial charge in [0.1, 0.15) is 0 Å². The summed E-state index contributed by atoms with van der Waals surface area (Å²) in [5, 5.41) is 5.34. The Balaban J connectivity index is 2.40. The maximum atomic E-state index is 3.18. The van der Waals surface area contributed by atoms with Crippen LogP contribution in [0.2, 0.25) is 0 Å². The SMILES string of the molecule is CNCc1ccc(-c2ccsc2C)c(C)c1. The number of thiophene rings is 1. The van der Waals surface area contributed by atoms with E-state index in [9.17, 15) is 0 Å². The Morgan fingerprint density at radius 1 is 1.12 bits per heavy atom. The van der Waals surface area contributed by atoms with Crippen LogP contribution in [0.4, 0.5) is 0 Å². The van der Waals surface area contributed by atoms with Crippen LogP contribution in [0, 0.1) is 13.8 Å². The average molecular weight is 231 g/mol. The highest BCUT2D eigenvalue weighted by molar-refractivity contribution is 7.10. The van der Waals surface area contributed by atoms with Crippen LogP contribution in [0.1, 0.15) is 16.0 Å². The van der Waals surface area contributed by atoms with Crippen LogP contribution in [0.3, 0.4) is 0 Å². The van der Waals surface area contributed by atoms with E-state index in [0.717, 1.165) is 6.54 Å². The van der Waals surface area contributed by atoms with E-state index in [1.807, 2.05) is 18.4 Å². The predicted molar refractivity (Wildman–Crippen MR) is 72.0 cm³/mol. The topological polar surface area (TPSA) is 12.0 Å². The molecule has 2 rings (SSSR count). The van der Waals surface area contributed by atoms with Crippen LogP contribution in [-0.4, -0.2) is 7.05 Å². The van der Waals surface area contributed by atoms with E-state index < -0.39 is 0 Å². The molecular formula is C14H17NS. The highest BCUT2D eigenvalue weighted by atomic mass is 32.1. The second-order valence-corrected chi connectivity index (χ2v) is 5.19. The highest BCUT2D eigenvalue weighted by Crippen LogP contribution is 2.30. The van der Waals surface area contributed by atoms with Gasteiger partial charge in [0.15, 0.2) is 0 Å². The van der Waals surface area contributed by atoms with Crippen molar-refractivity contribution in [3.8, 4) is 11.1 Å². The summed E-state index contributed by atoms with van der Waals surface area (Å²) in [5.74, 6) is 0. The summed E-state index contributed by atoms with van der Waals surface area (Å²) in [7, 11) is 1.98. The van der Waals surface area contributed by atoms with Gasteiger partial charge in [-0.05, 0) is 54.6 Å². The molecule has 1 heterocycles. The van der Waals surface area contributed by atoms with Crippen LogP contribution in [0.25, 0.3) is 11.1 Å². The Labute approximate surface area is 101 Å². The van der Waals surface area contributed by atoms with Gasteiger partial charge in [0.2, 0.25) is 0 Å². The zero-order chi connectivity index (χ0) is 11.5. The van der Waals surface area contributed by atoms with E-state index in [2.05, 4.69) is 48.8 Å². The first kappa shape index (κ1) is 11.4. The Hall–Kier alpha value is -1.12. The fourth-order valence-electron chi connectivity index (χ4n) is 2.01. The molecule has 2 heteroatoms. The lowest BCUT2D eigenvalue weighted by Gasteiger charge is -2.08. The molecule has 0 fully saturated rings. The number of hydrogen-bond donors (Lipinski definition) is 1. The molecule has 0 saturated carbocycles. The Kier molecular flexibility index (Phi) is 3.42. The molecule has 0 aliphatic rings. The summed E-state index contributed by atoms with van der Waals surface area (Å²) in [6.45, 7) is 5.30. The number of benzene rings is 1. The molecule has 0 aliphatic carbocycles. The van der Waals surface area contributed by atoms with Crippen LogP contribution in [0.5, 0.6) is 0 Å². The first-order valence-electron chi connectivity index (χ1n) is 5.51. The van der Waals surface area contributed by atoms with Gasteiger partial charge in [-0.15, -0.1) is 11.3 Å². The van der Waals surface area contributed by atoms with Crippen LogP contribution in [-0.2, 0) is 6.54 Å². The molecule has 0 saturated heterocycles. The van der Waals surface area contributed by atoms with Crippen molar-refractivity contribution in [3.63, 3.8) is 0 Å². The summed E-state index contributed by atoms with van der Waals surface area (Å²) < 4.78 is 0. The van der Waals surface area contributed by atoms with Crippen molar-refractivity contribution >= 4 is 11.3 Å². The lowest BCUT2D eigenvalue weighted by Crippen LogP contribution is -2.05. The standard InChI is InChI=1S/C14H17NS/c1-10-8-12(9-15-3)4-5-13(10)14-6-7-16-11(14)2/h4-8,15H,9H2,1-3H3. The first-order valence-corrected chi connectivity index (χ1v) is 6.39. The molecule has 0 radical (unpaired) electrons. The Morgan fingerprint density at radius 3 is 2.50 bits per heavy atom. The van der Waals surface area contributed by atoms with Gasteiger partial charge in [-0.2, -0.15) is 0 Å². The third-order valence-electron chi connectivity index (χ3n) is 2.82. The van der Waals surface area contributed by atoms with Crippen molar-refractivity contribution < 1.29 is 0 Å². The molecule has 0 amide bonds. The zero-order valence-electron chi connectivity index (χ0n) is 10.0. The van der Waals surface area contributed by atoms with Crippen molar-refractivity contribution in [1.82, 2.24) is 5.32 Å². The van der Waals surface area contributed by atoms with Gasteiger partial charge >= 0.3 is 0 Å². The molecular weight excluding hydrogens is 214 g/mol. The molecule has 0 atom stereocenters. The van der Waals surface area contributed by atoms with Crippen molar-refractivity contribution in [1.29, 1.82) is 0 Å². The van der Waals surface area contributed by atoms with Gasteiger partial charge < -0.3 is 5.32 Å². The minimum absolute atomic E-state index is 0.934. The van der Waals surface area contributed by atoms with Gasteiger partial charge in [0.05, 0.1) is 0 Å². The fourth-order valence-corrected chi connectivity index (χ4v) is 2.72. The molecule has 0 spiro atoms. The highest BCUT2D eigenvalue weighted by Gasteiger charge is 2.06. The molecule has 1 aromatic heterocycles. The fraction of sp³-hybridized carbons (Fsp3) is 0.286. The normalized spacial score (nSPS) is 10.7. The lowest BCUT2D eigenvalue weighted by atomic mass is 9.99. The summed E-state index contributed by atoms with van der Waals surface area (Å²) in [6.07, 6.45) is 0. The van der Waals surface area contributed by atoms with Gasteiger partial charge in [-0.25, -0.2) is 0 Å². The molecule has 0 aliphatic heterocycles. The zero-order valence-corrected chi connectivity index (χ0v) is 10.8. The molecule has 1 nitrogen and oxygen atoms in total. The third kappa shape index (κ3) is 2.18. The van der Waals surface area contributed by atoms with E-state index in [1.54, 1.807) is 0 Å². The van der Waals surface area contributed by atoms with Crippen molar-refractivity contribution in [2.75, 3.05) is 7.05 Å². The first-order chi connectivity index (χ1) is 7.72. The number of nitrogens with one attached hydrogen (secondary N) is 1. The molecule has 1 aromatic carbocycles. The average Bonchev–Trinajstić information content (AvgIpc) is 2.65. The minimum Gasteiger partial charge on any atom is -0.316 e. The van der Waals surface area contributed by atoms with Crippen molar-refractivity contribution in [2.45, 2.75) is 20.4 Å². The van der Waals surface area contributed by atoms with E-state index in [1.165, 1.54) is 27.1 Å². The molecule has 0 unspecified atom stereocenters. The smallest absolute Gasteiger partial charge is 0.0202 e. The lowest BCUT2D eigenvalue weighted by molar-refractivity contribution is 0.817. The molecule has 84 valence electrons. The Bertz CT molecular complexity index is 485. The van der Waals surface area contributed by atoms with Crippen LogP contribution in [0.15, 0.2) is 29.6 Å². The van der Waals surface area contributed by atoms with Crippen LogP contribution < -0.4 is 5.32 Å². The van der Waals surface area contributed by atoms with Gasteiger partial charge in [0.25, 0.3) is 0 Å². The van der Waals surface area contributed by atoms with Gasteiger partial charge in [0, 0.05) is 11.4 Å². The summed E-state index contributed by atoms with van der Waals surface area (Å²) in [4.78, 5) is 1.39. The molecule has 16 heavy (non-hydrogen) atoms. The Morgan fingerprint density at radius 2 is 1.94 bits per heavy atom. The van der Waals surface area contributed by atoms with Gasteiger partial charge in [-0.1, -0.05) is 18.2 Å². The maximum absolute atomic E-state index is 3.18. The van der Waals surface area contributed by atoms with E-state index >= 15 is 0 Å². The summed E-state index contributed by atoms with van der Waals surface area (Å²) in [5.41, 5.74) is 5.43.